The molecular formula is C36H50O8. The molecule has 5 rings (SSSR count). The highest BCUT2D eigenvalue weighted by Gasteiger charge is 2.81. The van der Waals surface area contributed by atoms with Gasteiger partial charge in [0.2, 0.25) is 0 Å². The summed E-state index contributed by atoms with van der Waals surface area (Å²) < 4.78 is 17.0. The van der Waals surface area contributed by atoms with Gasteiger partial charge in [-0.15, -0.1) is 0 Å². The van der Waals surface area contributed by atoms with Crippen LogP contribution in [0.5, 0.6) is 0 Å². The number of fused-ring (bicyclic) bond motifs is 2. The SMILES string of the molecule is C=C(C(=O)[C@H](OC(C)=O)[C@@H](C)[C@H]1[C@@H](OC(C)=O)C[C@@]2(C)[C@@H]3CC[C@H]4[C@H](C)C(=O)C=C[C@@]45C[C@@]35CC[C@]12C)[C@@H](C)COC(C)=O. The van der Waals surface area contributed by atoms with E-state index in [1.165, 1.54) is 20.8 Å². The van der Waals surface area contributed by atoms with E-state index in [0.29, 0.717) is 18.3 Å². The molecule has 0 saturated heterocycles. The molecule has 44 heavy (non-hydrogen) atoms. The smallest absolute Gasteiger partial charge is 0.303 e. The third kappa shape index (κ3) is 4.63. The summed E-state index contributed by atoms with van der Waals surface area (Å²) in [5, 5.41) is 0. The molecule has 0 aliphatic heterocycles. The number of Topliss-reactive ketones (excluding diaryl/α,β-unsaturated/α-hetero) is 1. The first-order valence-electron chi connectivity index (χ1n) is 16.4. The molecule has 8 heteroatoms. The maximum atomic E-state index is 14.0. The van der Waals surface area contributed by atoms with E-state index in [0.717, 1.165) is 32.1 Å². The number of hydrogen-bond acceptors (Lipinski definition) is 8. The molecule has 0 amide bonds. The van der Waals surface area contributed by atoms with Gasteiger partial charge < -0.3 is 14.2 Å². The second-order valence-electron chi connectivity index (χ2n) is 15.3. The maximum Gasteiger partial charge on any atom is 0.303 e. The van der Waals surface area contributed by atoms with Crippen molar-refractivity contribution < 1.29 is 38.2 Å². The minimum absolute atomic E-state index is 0.00152. The number of carbonyl (C=O) groups is 5. The topological polar surface area (TPSA) is 113 Å². The van der Waals surface area contributed by atoms with Crippen LogP contribution in [-0.4, -0.2) is 48.3 Å². The average Bonchev–Trinajstić information content (AvgIpc) is 3.55. The van der Waals surface area contributed by atoms with Crippen LogP contribution >= 0.6 is 0 Å². The Kier molecular flexibility index (Phi) is 8.11. The second-order valence-corrected chi connectivity index (χ2v) is 15.3. The Morgan fingerprint density at radius 1 is 1.00 bits per heavy atom. The van der Waals surface area contributed by atoms with Crippen molar-refractivity contribution in [3.63, 3.8) is 0 Å². The molecule has 0 heterocycles. The van der Waals surface area contributed by atoms with E-state index in [1.54, 1.807) is 6.92 Å². The van der Waals surface area contributed by atoms with Crippen LogP contribution in [0.1, 0.15) is 93.9 Å². The minimum atomic E-state index is -1.12. The molecule has 0 bridgehead atoms. The summed E-state index contributed by atoms with van der Waals surface area (Å²) in [4.78, 5) is 62.9. The first-order valence-corrected chi connectivity index (χ1v) is 16.4. The molecule has 8 nitrogen and oxygen atoms in total. The molecule has 5 aliphatic rings. The third-order valence-corrected chi connectivity index (χ3v) is 13.4. The molecule has 0 aromatic carbocycles. The van der Waals surface area contributed by atoms with Crippen LogP contribution < -0.4 is 0 Å². The molecule has 242 valence electrons. The molecule has 2 spiro atoms. The van der Waals surface area contributed by atoms with Crippen molar-refractivity contribution in [3.8, 4) is 0 Å². The maximum absolute atomic E-state index is 14.0. The summed E-state index contributed by atoms with van der Waals surface area (Å²) >= 11 is 0. The number of carbonyl (C=O) groups excluding carboxylic acids is 5. The van der Waals surface area contributed by atoms with Crippen molar-refractivity contribution in [3.05, 3.63) is 24.3 Å². The number of hydrogen-bond donors (Lipinski definition) is 0. The fraction of sp³-hybridized carbons (Fsp3) is 0.750. The lowest BCUT2D eigenvalue weighted by Crippen LogP contribution is -2.56. The Balaban J connectivity index is 1.50. The number of ketones is 2. The van der Waals surface area contributed by atoms with Crippen LogP contribution in [-0.2, 0) is 38.2 Å². The number of allylic oxidation sites excluding steroid dienone is 2. The Bertz CT molecular complexity index is 1310. The van der Waals surface area contributed by atoms with Crippen molar-refractivity contribution in [1.29, 1.82) is 0 Å². The molecule has 0 radical (unpaired) electrons. The molecule has 4 fully saturated rings. The van der Waals surface area contributed by atoms with E-state index < -0.39 is 41.8 Å². The lowest BCUT2D eigenvalue weighted by atomic mass is 9.43. The minimum Gasteiger partial charge on any atom is -0.465 e. The summed E-state index contributed by atoms with van der Waals surface area (Å²) in [5.74, 6) is -1.92. The summed E-state index contributed by atoms with van der Waals surface area (Å²) in [5.41, 5.74) is -0.0866. The molecule has 12 atom stereocenters. The highest BCUT2D eigenvalue weighted by molar-refractivity contribution is 6.00. The lowest BCUT2D eigenvalue weighted by molar-refractivity contribution is -0.166. The largest absolute Gasteiger partial charge is 0.465 e. The standard InChI is InChI=1S/C36H50O8/c1-19(17-42-23(5)37)20(2)31(41)32(44-25(7)39)22(4)30-28(43-24(6)38)16-34(9)29-11-10-26-21(3)27(40)12-13-35(26)18-36(29,35)15-14-33(30,34)8/h12-13,19,21-22,26,28-30,32H,2,10-11,14-18H2,1,3-9H3/t19-,21-,22-,26-,28-,29-,30-,32+,33+,34-,35+,36-/m0/s1. The molecule has 0 N–H and O–H groups in total. The Morgan fingerprint density at radius 3 is 2.30 bits per heavy atom. The van der Waals surface area contributed by atoms with Crippen LogP contribution in [0, 0.1) is 57.2 Å². The second kappa shape index (κ2) is 10.9. The summed E-state index contributed by atoms with van der Waals surface area (Å²) in [6.45, 7) is 18.5. The van der Waals surface area contributed by atoms with E-state index in [-0.39, 0.29) is 57.4 Å². The Labute approximate surface area is 261 Å². The van der Waals surface area contributed by atoms with Gasteiger partial charge in [0.1, 0.15) is 6.10 Å². The van der Waals surface area contributed by atoms with Crippen LogP contribution in [0.2, 0.25) is 0 Å². The van der Waals surface area contributed by atoms with Gasteiger partial charge in [-0.2, -0.15) is 0 Å². The van der Waals surface area contributed by atoms with Gasteiger partial charge in [0, 0.05) is 44.4 Å². The lowest BCUT2D eigenvalue weighted by Gasteiger charge is -2.61. The van der Waals surface area contributed by atoms with Gasteiger partial charge in [-0.05, 0) is 83.7 Å². The highest BCUT2D eigenvalue weighted by atomic mass is 16.6. The van der Waals surface area contributed by atoms with Crippen molar-refractivity contribution in [1.82, 2.24) is 0 Å². The fourth-order valence-corrected chi connectivity index (χ4v) is 11.2. The molecule has 0 aromatic heterocycles. The fourth-order valence-electron chi connectivity index (χ4n) is 11.2. The van der Waals surface area contributed by atoms with Gasteiger partial charge in [-0.3, -0.25) is 24.0 Å². The van der Waals surface area contributed by atoms with E-state index in [1.807, 2.05) is 13.0 Å². The Hall–Kier alpha value is -2.77. The van der Waals surface area contributed by atoms with E-state index >= 15 is 0 Å². The van der Waals surface area contributed by atoms with Crippen LogP contribution in [0.25, 0.3) is 0 Å². The van der Waals surface area contributed by atoms with Crippen molar-refractivity contribution in [2.45, 2.75) is 106 Å². The normalized spacial score (nSPS) is 41.9. The monoisotopic (exact) mass is 610 g/mol. The predicted octanol–water partition coefficient (Wildman–Crippen LogP) is 5.81. The summed E-state index contributed by atoms with van der Waals surface area (Å²) in [6.07, 6.45) is 8.22. The average molecular weight is 611 g/mol. The zero-order valence-corrected chi connectivity index (χ0v) is 27.7. The van der Waals surface area contributed by atoms with Crippen LogP contribution in [0.15, 0.2) is 24.3 Å². The van der Waals surface area contributed by atoms with Gasteiger partial charge >= 0.3 is 17.9 Å². The predicted molar refractivity (Wildman–Crippen MR) is 163 cm³/mol. The molecule has 4 saturated carbocycles. The van der Waals surface area contributed by atoms with Crippen LogP contribution in [0.3, 0.4) is 0 Å². The van der Waals surface area contributed by atoms with Crippen molar-refractivity contribution in [2.24, 2.45) is 57.2 Å². The third-order valence-electron chi connectivity index (χ3n) is 13.4. The molecule has 0 aromatic rings. The zero-order chi connectivity index (χ0) is 32.6. The van der Waals surface area contributed by atoms with Crippen molar-refractivity contribution >= 4 is 29.5 Å². The van der Waals surface area contributed by atoms with E-state index in [9.17, 15) is 24.0 Å². The van der Waals surface area contributed by atoms with Gasteiger partial charge in [-0.25, -0.2) is 0 Å². The van der Waals surface area contributed by atoms with Gasteiger partial charge in [0.25, 0.3) is 0 Å². The number of esters is 3. The highest BCUT2D eigenvalue weighted by Crippen LogP contribution is 2.87. The van der Waals surface area contributed by atoms with Gasteiger partial charge in [-0.1, -0.05) is 47.3 Å². The quantitative estimate of drug-likeness (QED) is 0.183. The molecular weight excluding hydrogens is 560 g/mol. The van der Waals surface area contributed by atoms with Gasteiger partial charge in [0.05, 0.1) is 6.61 Å². The van der Waals surface area contributed by atoms with E-state index in [4.69, 9.17) is 14.2 Å². The Morgan fingerprint density at radius 2 is 1.68 bits per heavy atom. The van der Waals surface area contributed by atoms with Crippen LogP contribution in [0.4, 0.5) is 0 Å². The first kappa shape index (κ1) is 32.6. The molecule has 0 unspecified atom stereocenters. The number of rotatable bonds is 9. The summed E-state index contributed by atoms with van der Waals surface area (Å²) in [7, 11) is 0. The number of ether oxygens (including phenoxy) is 3. The van der Waals surface area contributed by atoms with Gasteiger partial charge in [0.15, 0.2) is 17.7 Å². The van der Waals surface area contributed by atoms with E-state index in [2.05, 4.69) is 33.4 Å². The molecule has 5 aliphatic carbocycles. The zero-order valence-electron chi connectivity index (χ0n) is 27.7. The first-order chi connectivity index (χ1) is 20.5. The summed E-state index contributed by atoms with van der Waals surface area (Å²) in [6, 6.07) is 0. The van der Waals surface area contributed by atoms with Crippen molar-refractivity contribution in [2.75, 3.05) is 6.61 Å².